The van der Waals surface area contributed by atoms with Crippen LogP contribution in [0.1, 0.15) is 34.3 Å². The first-order chi connectivity index (χ1) is 12.8. The van der Waals surface area contributed by atoms with Crippen LogP contribution in [-0.2, 0) is 17.9 Å². The van der Waals surface area contributed by atoms with Crippen molar-refractivity contribution in [2.75, 3.05) is 20.1 Å². The van der Waals surface area contributed by atoms with Crippen molar-refractivity contribution in [2.45, 2.75) is 26.0 Å². The maximum atomic E-state index is 12.3. The Morgan fingerprint density at radius 3 is 2.48 bits per heavy atom. The Morgan fingerprint density at radius 2 is 1.78 bits per heavy atom. The fourth-order valence-electron chi connectivity index (χ4n) is 3.06. The van der Waals surface area contributed by atoms with Crippen molar-refractivity contribution in [1.29, 1.82) is 0 Å². The Kier molecular flexibility index (Phi) is 8.57. The monoisotopic (exact) mass is 479 g/mol. The Hall–Kier alpha value is -2.09. The van der Waals surface area contributed by atoms with Crippen molar-refractivity contribution in [2.24, 2.45) is 4.99 Å². The van der Waals surface area contributed by atoms with Gasteiger partial charge in [-0.25, -0.2) is 4.79 Å². The zero-order valence-electron chi connectivity index (χ0n) is 15.6. The number of aliphatic imine (C=N–C) groups is 1. The maximum absolute atomic E-state index is 12.3. The molecule has 0 unspecified atom stereocenters. The van der Waals surface area contributed by atoms with Crippen molar-refractivity contribution < 1.29 is 9.53 Å². The van der Waals surface area contributed by atoms with E-state index < -0.39 is 0 Å². The van der Waals surface area contributed by atoms with Gasteiger partial charge in [-0.3, -0.25) is 4.99 Å². The van der Waals surface area contributed by atoms with E-state index in [1.807, 2.05) is 48.5 Å². The molecule has 3 rings (SSSR count). The van der Waals surface area contributed by atoms with Crippen LogP contribution in [0.5, 0.6) is 0 Å². The van der Waals surface area contributed by atoms with Gasteiger partial charge in [-0.1, -0.05) is 42.5 Å². The lowest BCUT2D eigenvalue weighted by atomic mass is 10.1. The molecular weight excluding hydrogens is 453 g/mol. The maximum Gasteiger partial charge on any atom is 0.338 e. The van der Waals surface area contributed by atoms with Crippen LogP contribution in [0, 0.1) is 0 Å². The van der Waals surface area contributed by atoms with Crippen molar-refractivity contribution in [3.63, 3.8) is 0 Å². The molecule has 1 aliphatic heterocycles. The van der Waals surface area contributed by atoms with Gasteiger partial charge in [0, 0.05) is 26.7 Å². The normalized spacial score (nSPS) is 13.8. The van der Waals surface area contributed by atoms with E-state index in [4.69, 9.17) is 4.74 Å². The molecule has 2 aromatic carbocycles. The van der Waals surface area contributed by atoms with Gasteiger partial charge in [0.25, 0.3) is 0 Å². The van der Waals surface area contributed by atoms with E-state index in [-0.39, 0.29) is 36.6 Å². The fraction of sp³-hybridized carbons (Fsp3) is 0.333. The Labute approximate surface area is 177 Å². The number of carbonyl (C=O) groups excluding carboxylic acids is 1. The van der Waals surface area contributed by atoms with Crippen molar-refractivity contribution >= 4 is 35.9 Å². The van der Waals surface area contributed by atoms with Gasteiger partial charge >= 0.3 is 5.97 Å². The zero-order valence-corrected chi connectivity index (χ0v) is 17.9. The highest BCUT2D eigenvalue weighted by Gasteiger charge is 2.15. The van der Waals surface area contributed by atoms with Crippen LogP contribution >= 0.6 is 24.0 Å². The highest BCUT2D eigenvalue weighted by molar-refractivity contribution is 14.0. The van der Waals surface area contributed by atoms with E-state index in [1.54, 1.807) is 13.1 Å². The molecule has 144 valence electrons. The van der Waals surface area contributed by atoms with Gasteiger partial charge in [-0.05, 0) is 36.1 Å². The molecule has 0 aliphatic carbocycles. The number of rotatable bonds is 5. The molecule has 2 aromatic rings. The molecule has 6 heteroatoms. The first kappa shape index (κ1) is 21.2. The summed E-state index contributed by atoms with van der Waals surface area (Å²) < 4.78 is 5.41. The number of benzene rings is 2. The van der Waals surface area contributed by atoms with Gasteiger partial charge in [0.2, 0.25) is 0 Å². The Balaban J connectivity index is 0.00000261. The molecule has 0 radical (unpaired) electrons. The fourth-order valence-corrected chi connectivity index (χ4v) is 3.06. The largest absolute Gasteiger partial charge is 0.457 e. The summed E-state index contributed by atoms with van der Waals surface area (Å²) >= 11 is 0. The van der Waals surface area contributed by atoms with Gasteiger partial charge < -0.3 is 15.0 Å². The Morgan fingerprint density at radius 1 is 1.07 bits per heavy atom. The van der Waals surface area contributed by atoms with Gasteiger partial charge in [-0.2, -0.15) is 0 Å². The van der Waals surface area contributed by atoms with Gasteiger partial charge in [0.1, 0.15) is 6.61 Å². The second kappa shape index (κ2) is 10.9. The number of ether oxygens (including phenoxy) is 1. The van der Waals surface area contributed by atoms with Crippen molar-refractivity contribution in [1.82, 2.24) is 10.2 Å². The lowest BCUT2D eigenvalue weighted by Crippen LogP contribution is -2.39. The third-order valence-electron chi connectivity index (χ3n) is 4.44. The number of hydrogen-bond acceptors (Lipinski definition) is 3. The van der Waals surface area contributed by atoms with E-state index in [9.17, 15) is 4.79 Å². The number of nitrogens with zero attached hydrogens (tertiary/aromatic N) is 2. The molecule has 1 fully saturated rings. The summed E-state index contributed by atoms with van der Waals surface area (Å²) in [6.45, 7) is 3.00. The minimum atomic E-state index is -0.306. The molecule has 0 aromatic heterocycles. The van der Waals surface area contributed by atoms with Crippen molar-refractivity contribution in [3.05, 3.63) is 71.3 Å². The molecular formula is C21H26IN3O2. The number of carbonyl (C=O) groups is 1. The number of likely N-dealkylation sites (tertiary alicyclic amines) is 1. The van der Waals surface area contributed by atoms with Gasteiger partial charge in [0.15, 0.2) is 5.96 Å². The molecule has 0 atom stereocenters. The molecule has 27 heavy (non-hydrogen) atoms. The summed E-state index contributed by atoms with van der Waals surface area (Å²) in [7, 11) is 1.80. The number of nitrogens with one attached hydrogen (secondary N) is 1. The van der Waals surface area contributed by atoms with Crippen molar-refractivity contribution in [3.8, 4) is 0 Å². The van der Waals surface area contributed by atoms with Crippen LogP contribution in [0.3, 0.4) is 0 Å². The van der Waals surface area contributed by atoms with E-state index >= 15 is 0 Å². The van der Waals surface area contributed by atoms with E-state index in [0.29, 0.717) is 12.1 Å². The summed E-state index contributed by atoms with van der Waals surface area (Å²) in [6, 6.07) is 17.2. The zero-order chi connectivity index (χ0) is 18.2. The average molecular weight is 479 g/mol. The first-order valence-electron chi connectivity index (χ1n) is 9.02. The first-order valence-corrected chi connectivity index (χ1v) is 9.02. The third kappa shape index (κ3) is 6.23. The smallest absolute Gasteiger partial charge is 0.338 e. The predicted molar refractivity (Wildman–Crippen MR) is 118 cm³/mol. The van der Waals surface area contributed by atoms with E-state index in [0.717, 1.165) is 30.2 Å². The lowest BCUT2D eigenvalue weighted by molar-refractivity contribution is 0.0472. The molecule has 0 bridgehead atoms. The molecule has 1 heterocycles. The number of guanidine groups is 1. The number of esters is 1. The summed E-state index contributed by atoms with van der Waals surface area (Å²) in [4.78, 5) is 18.9. The summed E-state index contributed by atoms with van der Waals surface area (Å²) in [5.41, 5.74) is 2.57. The molecule has 0 amide bonds. The molecule has 0 saturated carbocycles. The molecule has 0 spiro atoms. The van der Waals surface area contributed by atoms with Gasteiger partial charge in [0.05, 0.1) is 5.56 Å². The van der Waals surface area contributed by atoms with E-state index in [1.165, 1.54) is 12.8 Å². The molecule has 1 saturated heterocycles. The van der Waals surface area contributed by atoms with Crippen LogP contribution in [0.25, 0.3) is 0 Å². The minimum Gasteiger partial charge on any atom is -0.457 e. The standard InChI is InChI=1S/C21H25N3O2.HI/c1-22-21(24-12-5-6-13-24)23-15-18-10-7-11-19(14-18)20(25)26-16-17-8-3-2-4-9-17;/h2-4,7-11,14H,5-6,12-13,15-16H2,1H3,(H,22,23);1H. The minimum absolute atomic E-state index is 0. The highest BCUT2D eigenvalue weighted by Crippen LogP contribution is 2.11. The van der Waals surface area contributed by atoms with Gasteiger partial charge in [-0.15, -0.1) is 24.0 Å². The summed E-state index contributed by atoms with van der Waals surface area (Å²) in [6.07, 6.45) is 2.42. The van der Waals surface area contributed by atoms with Crippen LogP contribution < -0.4 is 5.32 Å². The second-order valence-corrected chi connectivity index (χ2v) is 6.36. The highest BCUT2D eigenvalue weighted by atomic mass is 127. The average Bonchev–Trinajstić information content (AvgIpc) is 3.22. The third-order valence-corrected chi connectivity index (χ3v) is 4.44. The second-order valence-electron chi connectivity index (χ2n) is 6.36. The molecule has 1 N–H and O–H groups in total. The van der Waals surface area contributed by atoms with E-state index in [2.05, 4.69) is 15.2 Å². The Bertz CT molecular complexity index is 759. The topological polar surface area (TPSA) is 53.9 Å². The predicted octanol–water partition coefficient (Wildman–Crippen LogP) is 3.83. The van der Waals surface area contributed by atoms with Crippen LogP contribution in [0.15, 0.2) is 59.6 Å². The number of halogens is 1. The van der Waals surface area contributed by atoms with Crippen LogP contribution in [0.4, 0.5) is 0 Å². The van der Waals surface area contributed by atoms with Crippen LogP contribution in [0.2, 0.25) is 0 Å². The molecule has 5 nitrogen and oxygen atoms in total. The van der Waals surface area contributed by atoms with Crippen LogP contribution in [-0.4, -0.2) is 37.0 Å². The molecule has 1 aliphatic rings. The quantitative estimate of drug-likeness (QED) is 0.307. The SMILES string of the molecule is CN=C(NCc1cccc(C(=O)OCc2ccccc2)c1)N1CCCC1.I. The lowest BCUT2D eigenvalue weighted by Gasteiger charge is -2.20. The summed E-state index contributed by atoms with van der Waals surface area (Å²) in [5.74, 6) is 0.610. The number of hydrogen-bond donors (Lipinski definition) is 1. The summed E-state index contributed by atoms with van der Waals surface area (Å²) in [5, 5.41) is 3.38.